The van der Waals surface area contributed by atoms with E-state index in [0.29, 0.717) is 12.6 Å². The van der Waals surface area contributed by atoms with Crippen molar-refractivity contribution in [2.45, 2.75) is 38.9 Å². The summed E-state index contributed by atoms with van der Waals surface area (Å²) in [5, 5.41) is 0. The van der Waals surface area contributed by atoms with E-state index in [1.807, 2.05) is 6.20 Å². The number of likely N-dealkylation sites (tertiary alicyclic amines) is 1. The number of piperidine rings is 1. The first kappa shape index (κ1) is 14.4. The zero-order valence-electron chi connectivity index (χ0n) is 12.2. The summed E-state index contributed by atoms with van der Waals surface area (Å²) in [6.45, 7) is 7.38. The third kappa shape index (κ3) is 4.00. The monoisotopic (exact) mass is 262 g/mol. The number of nitrogens with zero attached hydrogens (tertiary/aromatic N) is 3. The van der Waals surface area contributed by atoms with Gasteiger partial charge in [-0.15, -0.1) is 0 Å². The molecule has 0 saturated carbocycles. The molecule has 0 aromatic carbocycles. The predicted octanol–water partition coefficient (Wildman–Crippen LogP) is 1.46. The third-order valence-electron chi connectivity index (χ3n) is 4.16. The Morgan fingerprint density at radius 1 is 1.37 bits per heavy atom. The van der Waals surface area contributed by atoms with Crippen LogP contribution in [0.2, 0.25) is 0 Å². The highest BCUT2D eigenvalue weighted by Crippen LogP contribution is 2.16. The number of pyridine rings is 1. The second kappa shape index (κ2) is 6.98. The van der Waals surface area contributed by atoms with Gasteiger partial charge in [0.05, 0.1) is 5.69 Å². The van der Waals surface area contributed by atoms with Gasteiger partial charge in [0.15, 0.2) is 0 Å². The lowest BCUT2D eigenvalue weighted by Gasteiger charge is -2.36. The molecular weight excluding hydrogens is 236 g/mol. The van der Waals surface area contributed by atoms with E-state index < -0.39 is 0 Å². The number of hydrogen-bond donors (Lipinski definition) is 1. The molecule has 0 bridgehead atoms. The van der Waals surface area contributed by atoms with Crippen molar-refractivity contribution < 1.29 is 0 Å². The first-order valence-electron chi connectivity index (χ1n) is 7.29. The molecule has 1 saturated heterocycles. The molecule has 1 aliphatic rings. The second-order valence-corrected chi connectivity index (χ2v) is 5.44. The Morgan fingerprint density at radius 3 is 2.63 bits per heavy atom. The van der Waals surface area contributed by atoms with Gasteiger partial charge < -0.3 is 10.6 Å². The summed E-state index contributed by atoms with van der Waals surface area (Å²) in [6.07, 6.45) is 4.43. The van der Waals surface area contributed by atoms with Crippen molar-refractivity contribution in [1.29, 1.82) is 0 Å². The lowest BCUT2D eigenvalue weighted by molar-refractivity contribution is 0.126. The van der Waals surface area contributed by atoms with E-state index in [-0.39, 0.29) is 0 Å². The van der Waals surface area contributed by atoms with E-state index in [1.54, 1.807) is 0 Å². The van der Waals surface area contributed by atoms with Crippen molar-refractivity contribution in [2.75, 3.05) is 26.7 Å². The fourth-order valence-electron chi connectivity index (χ4n) is 2.73. The molecule has 19 heavy (non-hydrogen) atoms. The maximum atomic E-state index is 5.59. The summed E-state index contributed by atoms with van der Waals surface area (Å²) >= 11 is 0. The van der Waals surface area contributed by atoms with Crippen LogP contribution in [-0.4, -0.2) is 47.5 Å². The first-order chi connectivity index (χ1) is 9.22. The molecule has 1 aromatic rings. The van der Waals surface area contributed by atoms with E-state index >= 15 is 0 Å². The predicted molar refractivity (Wildman–Crippen MR) is 78.7 cm³/mol. The van der Waals surface area contributed by atoms with Gasteiger partial charge in [-0.2, -0.15) is 0 Å². The minimum absolute atomic E-state index is 0.568. The maximum absolute atomic E-state index is 5.59. The van der Waals surface area contributed by atoms with Gasteiger partial charge in [0.25, 0.3) is 0 Å². The van der Waals surface area contributed by atoms with Crippen LogP contribution in [0.1, 0.15) is 31.0 Å². The Balaban J connectivity index is 1.84. The average Bonchev–Trinajstić information content (AvgIpc) is 2.48. The van der Waals surface area contributed by atoms with Crippen molar-refractivity contribution in [3.63, 3.8) is 0 Å². The van der Waals surface area contributed by atoms with Crippen LogP contribution in [0.25, 0.3) is 0 Å². The largest absolute Gasteiger partial charge is 0.326 e. The van der Waals surface area contributed by atoms with Crippen molar-refractivity contribution in [3.05, 3.63) is 29.6 Å². The summed E-state index contributed by atoms with van der Waals surface area (Å²) < 4.78 is 0. The first-order valence-corrected chi connectivity index (χ1v) is 7.29. The van der Waals surface area contributed by atoms with Crippen LogP contribution in [0.4, 0.5) is 0 Å². The van der Waals surface area contributed by atoms with Gasteiger partial charge in [-0.05, 0) is 51.2 Å². The standard InChI is InChI=1S/C15H26N4/c1-3-19-8-6-15(7-9-19)18(2)12-14-5-4-13(10-16)11-17-14/h4-5,11,15H,3,6-10,12,16H2,1-2H3. The van der Waals surface area contributed by atoms with Gasteiger partial charge in [0, 0.05) is 25.3 Å². The molecule has 2 heterocycles. The van der Waals surface area contributed by atoms with Crippen LogP contribution in [0.5, 0.6) is 0 Å². The quantitative estimate of drug-likeness (QED) is 0.872. The average molecular weight is 262 g/mol. The van der Waals surface area contributed by atoms with Crippen LogP contribution in [-0.2, 0) is 13.1 Å². The van der Waals surface area contributed by atoms with E-state index in [2.05, 4.69) is 40.9 Å². The Bertz CT molecular complexity index is 368. The van der Waals surface area contributed by atoms with E-state index in [9.17, 15) is 0 Å². The molecule has 2 N–H and O–H groups in total. The maximum Gasteiger partial charge on any atom is 0.0544 e. The molecule has 1 aromatic heterocycles. The fourth-order valence-corrected chi connectivity index (χ4v) is 2.73. The van der Waals surface area contributed by atoms with Gasteiger partial charge >= 0.3 is 0 Å². The Labute approximate surface area is 116 Å². The van der Waals surface area contributed by atoms with Gasteiger partial charge in [0.1, 0.15) is 0 Å². The van der Waals surface area contributed by atoms with Crippen LogP contribution < -0.4 is 5.73 Å². The topological polar surface area (TPSA) is 45.4 Å². The zero-order valence-corrected chi connectivity index (χ0v) is 12.2. The van der Waals surface area contributed by atoms with Crippen molar-refractivity contribution in [2.24, 2.45) is 5.73 Å². The highest BCUT2D eigenvalue weighted by Gasteiger charge is 2.21. The summed E-state index contributed by atoms with van der Waals surface area (Å²) in [7, 11) is 2.21. The van der Waals surface area contributed by atoms with Crippen molar-refractivity contribution >= 4 is 0 Å². The molecule has 0 aliphatic carbocycles. The van der Waals surface area contributed by atoms with Crippen LogP contribution in [0, 0.1) is 0 Å². The van der Waals surface area contributed by atoms with Gasteiger partial charge in [0.2, 0.25) is 0 Å². The molecule has 0 unspecified atom stereocenters. The normalized spacial score (nSPS) is 18.1. The Hall–Kier alpha value is -0.970. The summed E-state index contributed by atoms with van der Waals surface area (Å²) in [5.74, 6) is 0. The molecule has 106 valence electrons. The third-order valence-corrected chi connectivity index (χ3v) is 4.16. The van der Waals surface area contributed by atoms with Crippen LogP contribution in [0.3, 0.4) is 0 Å². The highest BCUT2D eigenvalue weighted by atomic mass is 15.2. The van der Waals surface area contributed by atoms with Crippen molar-refractivity contribution in [3.8, 4) is 0 Å². The lowest BCUT2D eigenvalue weighted by atomic mass is 10.0. The molecule has 0 radical (unpaired) electrons. The molecule has 4 nitrogen and oxygen atoms in total. The lowest BCUT2D eigenvalue weighted by Crippen LogP contribution is -2.43. The summed E-state index contributed by atoms with van der Waals surface area (Å²) in [6, 6.07) is 4.87. The minimum atomic E-state index is 0.568. The van der Waals surface area contributed by atoms with Crippen molar-refractivity contribution in [1.82, 2.24) is 14.8 Å². The SMILES string of the molecule is CCN1CCC(N(C)Cc2ccc(CN)cn2)CC1. The molecule has 4 heteroatoms. The van der Waals surface area contributed by atoms with Crippen LogP contribution >= 0.6 is 0 Å². The smallest absolute Gasteiger partial charge is 0.0544 e. The summed E-state index contributed by atoms with van der Waals surface area (Å²) in [4.78, 5) is 9.45. The summed E-state index contributed by atoms with van der Waals surface area (Å²) in [5.41, 5.74) is 7.83. The van der Waals surface area contributed by atoms with Gasteiger partial charge in [-0.3, -0.25) is 9.88 Å². The number of hydrogen-bond acceptors (Lipinski definition) is 4. The van der Waals surface area contributed by atoms with E-state index in [0.717, 1.165) is 17.8 Å². The van der Waals surface area contributed by atoms with E-state index in [4.69, 9.17) is 5.73 Å². The molecule has 1 aliphatic heterocycles. The number of aromatic nitrogens is 1. The second-order valence-electron chi connectivity index (χ2n) is 5.44. The zero-order chi connectivity index (χ0) is 13.7. The molecular formula is C15H26N4. The fraction of sp³-hybridized carbons (Fsp3) is 0.667. The molecule has 1 fully saturated rings. The number of rotatable bonds is 5. The van der Waals surface area contributed by atoms with E-state index in [1.165, 1.54) is 32.5 Å². The van der Waals surface area contributed by atoms with Gasteiger partial charge in [-0.25, -0.2) is 0 Å². The molecule has 0 atom stereocenters. The minimum Gasteiger partial charge on any atom is -0.326 e. The van der Waals surface area contributed by atoms with Crippen LogP contribution in [0.15, 0.2) is 18.3 Å². The highest BCUT2D eigenvalue weighted by molar-refractivity contribution is 5.13. The Morgan fingerprint density at radius 2 is 2.11 bits per heavy atom. The molecule has 0 spiro atoms. The molecule has 0 amide bonds. The number of nitrogens with two attached hydrogens (primary N) is 1. The Kier molecular flexibility index (Phi) is 5.31. The van der Waals surface area contributed by atoms with Gasteiger partial charge in [-0.1, -0.05) is 13.0 Å². The molecule has 2 rings (SSSR count).